The second-order valence-corrected chi connectivity index (χ2v) is 14.1. The summed E-state index contributed by atoms with van der Waals surface area (Å²) in [7, 11) is 0. The van der Waals surface area contributed by atoms with Gasteiger partial charge in [-0.25, -0.2) is 0 Å². The first-order valence-electron chi connectivity index (χ1n) is 16.0. The Labute approximate surface area is 270 Å². The van der Waals surface area contributed by atoms with Crippen LogP contribution in [-0.2, 0) is 5.41 Å². The summed E-state index contributed by atoms with van der Waals surface area (Å²) in [5.74, 6) is 0. The van der Waals surface area contributed by atoms with Gasteiger partial charge in [-0.3, -0.25) is 0 Å². The fourth-order valence-corrected chi connectivity index (χ4v) is 9.99. The molecule has 0 bridgehead atoms. The minimum atomic E-state index is -0.196. The zero-order valence-electron chi connectivity index (χ0n) is 25.2. The van der Waals surface area contributed by atoms with Crippen molar-refractivity contribution in [3.05, 3.63) is 162 Å². The second-order valence-electron chi connectivity index (χ2n) is 13.0. The van der Waals surface area contributed by atoms with Crippen molar-refractivity contribution >= 4 is 80.9 Å². The zero-order chi connectivity index (χ0) is 30.1. The topological polar surface area (TPSA) is 3.24 Å². The summed E-state index contributed by atoms with van der Waals surface area (Å²) >= 11 is 1.89. The molecule has 2 heteroatoms. The molecule has 9 aromatic rings. The number of benzene rings is 8. The molecule has 46 heavy (non-hydrogen) atoms. The highest BCUT2D eigenvalue weighted by atomic mass is 32.1. The quantitative estimate of drug-likeness (QED) is 0.169. The SMILES string of the molecule is CC12c3ccccc3-c3cccc(c31)N(c1ccc3c(ccc4ccc5c(ccc6sc7ccccc7c65)c43)c1)c1ccccc12. The van der Waals surface area contributed by atoms with Gasteiger partial charge in [0.2, 0.25) is 0 Å². The summed E-state index contributed by atoms with van der Waals surface area (Å²) < 4.78 is 2.70. The van der Waals surface area contributed by atoms with E-state index in [0.29, 0.717) is 0 Å². The summed E-state index contributed by atoms with van der Waals surface area (Å²) in [4.78, 5) is 2.50. The third-order valence-corrected chi connectivity index (χ3v) is 11.9. The van der Waals surface area contributed by atoms with E-state index < -0.39 is 0 Å². The highest BCUT2D eigenvalue weighted by molar-refractivity contribution is 7.26. The van der Waals surface area contributed by atoms with E-state index in [0.717, 1.165) is 0 Å². The van der Waals surface area contributed by atoms with E-state index >= 15 is 0 Å². The number of thiophene rings is 1. The van der Waals surface area contributed by atoms with Gasteiger partial charge in [-0.2, -0.15) is 0 Å². The Morgan fingerprint density at radius 1 is 0.478 bits per heavy atom. The molecule has 1 nitrogen and oxygen atoms in total. The normalized spacial score (nSPS) is 16.4. The molecule has 0 spiro atoms. The van der Waals surface area contributed by atoms with E-state index in [9.17, 15) is 0 Å². The standard InChI is InChI=1S/C44H27NS/c1-44-35-12-4-2-9-30(35)33-11-8-15-38(43(33)44)45(37-14-6-5-13-36(37)44)28-20-22-29-27(25-28)18-17-26-19-21-32-31(41(26)29)23-24-40-42(32)34-10-3-7-16-39(34)46-40/h2-25H,1H3. The lowest BCUT2D eigenvalue weighted by atomic mass is 9.70. The first-order valence-corrected chi connectivity index (χ1v) is 16.8. The van der Waals surface area contributed by atoms with Gasteiger partial charge in [0.25, 0.3) is 0 Å². The number of nitrogens with zero attached hydrogens (tertiary/aromatic N) is 1. The summed E-state index contributed by atoms with van der Waals surface area (Å²) in [5, 5.41) is 10.6. The number of fused-ring (bicyclic) bond motifs is 14. The lowest BCUT2D eigenvalue weighted by Crippen LogP contribution is -2.32. The molecule has 0 saturated heterocycles. The molecule has 1 unspecified atom stereocenters. The van der Waals surface area contributed by atoms with E-state index in [4.69, 9.17) is 0 Å². The van der Waals surface area contributed by atoms with Crippen molar-refractivity contribution in [3.63, 3.8) is 0 Å². The van der Waals surface area contributed by atoms with Crippen LogP contribution in [0.15, 0.2) is 146 Å². The lowest BCUT2D eigenvalue weighted by molar-refractivity contribution is 0.702. The summed E-state index contributed by atoms with van der Waals surface area (Å²) in [5.41, 5.74) is 10.4. The number of para-hydroxylation sites is 1. The summed E-state index contributed by atoms with van der Waals surface area (Å²) in [6.07, 6.45) is 0. The smallest absolute Gasteiger partial charge is 0.0512 e. The Morgan fingerprint density at radius 3 is 2.13 bits per heavy atom. The van der Waals surface area contributed by atoms with Gasteiger partial charge in [0.1, 0.15) is 0 Å². The maximum atomic E-state index is 2.50. The van der Waals surface area contributed by atoms with Gasteiger partial charge in [0.05, 0.1) is 11.4 Å². The predicted molar refractivity (Wildman–Crippen MR) is 198 cm³/mol. The molecule has 0 N–H and O–H groups in total. The Balaban J connectivity index is 1.17. The molecule has 2 heterocycles. The molecule has 1 aliphatic heterocycles. The van der Waals surface area contributed by atoms with E-state index in [1.54, 1.807) is 0 Å². The zero-order valence-corrected chi connectivity index (χ0v) is 26.0. The molecule has 214 valence electrons. The summed E-state index contributed by atoms with van der Waals surface area (Å²) in [6.45, 7) is 2.42. The molecule has 8 aromatic carbocycles. The first-order chi connectivity index (χ1) is 22.7. The Morgan fingerprint density at radius 2 is 1.17 bits per heavy atom. The largest absolute Gasteiger partial charge is 0.310 e. The van der Waals surface area contributed by atoms with Crippen LogP contribution in [0.2, 0.25) is 0 Å². The van der Waals surface area contributed by atoms with Crippen molar-refractivity contribution in [2.75, 3.05) is 4.90 Å². The van der Waals surface area contributed by atoms with Crippen molar-refractivity contribution in [1.82, 2.24) is 0 Å². The van der Waals surface area contributed by atoms with Gasteiger partial charge in [0, 0.05) is 31.3 Å². The molecule has 1 aromatic heterocycles. The third-order valence-electron chi connectivity index (χ3n) is 10.8. The Bertz CT molecular complexity index is 2790. The van der Waals surface area contributed by atoms with Crippen molar-refractivity contribution in [2.24, 2.45) is 0 Å². The maximum absolute atomic E-state index is 2.50. The fourth-order valence-electron chi connectivity index (χ4n) is 8.86. The molecular formula is C44H27NS. The number of anilines is 3. The highest BCUT2D eigenvalue weighted by Crippen LogP contribution is 2.62. The van der Waals surface area contributed by atoms with E-state index in [1.807, 2.05) is 11.3 Å². The number of hydrogen-bond donors (Lipinski definition) is 0. The second kappa shape index (κ2) is 8.63. The van der Waals surface area contributed by atoms with Crippen LogP contribution >= 0.6 is 11.3 Å². The molecule has 0 radical (unpaired) electrons. The van der Waals surface area contributed by atoms with Crippen LogP contribution in [0.4, 0.5) is 17.1 Å². The van der Waals surface area contributed by atoms with Gasteiger partial charge >= 0.3 is 0 Å². The van der Waals surface area contributed by atoms with E-state index in [1.165, 1.54) is 97.4 Å². The van der Waals surface area contributed by atoms with Gasteiger partial charge in [0.15, 0.2) is 0 Å². The molecule has 0 amide bonds. The van der Waals surface area contributed by atoms with Crippen LogP contribution in [0.3, 0.4) is 0 Å². The van der Waals surface area contributed by atoms with Gasteiger partial charge in [-0.05, 0) is 103 Å². The van der Waals surface area contributed by atoms with Gasteiger partial charge in [-0.1, -0.05) is 109 Å². The van der Waals surface area contributed by atoms with Crippen molar-refractivity contribution in [1.29, 1.82) is 0 Å². The molecule has 0 saturated carbocycles. The van der Waals surface area contributed by atoms with E-state index in [2.05, 4.69) is 157 Å². The van der Waals surface area contributed by atoms with Gasteiger partial charge < -0.3 is 4.90 Å². The average molecular weight is 602 g/mol. The van der Waals surface area contributed by atoms with Crippen LogP contribution in [-0.4, -0.2) is 0 Å². The number of hydrogen-bond acceptors (Lipinski definition) is 2. The van der Waals surface area contributed by atoms with Crippen molar-refractivity contribution < 1.29 is 0 Å². The van der Waals surface area contributed by atoms with Crippen molar-refractivity contribution in [2.45, 2.75) is 12.3 Å². The Kier molecular flexibility index (Phi) is 4.66. The molecule has 1 aliphatic carbocycles. The minimum absolute atomic E-state index is 0.196. The maximum Gasteiger partial charge on any atom is 0.0512 e. The fraction of sp³-hybridized carbons (Fsp3) is 0.0455. The lowest BCUT2D eigenvalue weighted by Gasteiger charge is -2.42. The van der Waals surface area contributed by atoms with Crippen LogP contribution in [0, 0.1) is 0 Å². The van der Waals surface area contributed by atoms with Crippen LogP contribution in [0.25, 0.3) is 63.6 Å². The van der Waals surface area contributed by atoms with Crippen LogP contribution < -0.4 is 4.90 Å². The molecule has 0 fully saturated rings. The van der Waals surface area contributed by atoms with Gasteiger partial charge in [-0.15, -0.1) is 11.3 Å². The highest BCUT2D eigenvalue weighted by Gasteiger charge is 2.47. The third kappa shape index (κ3) is 2.96. The minimum Gasteiger partial charge on any atom is -0.310 e. The Hall–Kier alpha value is -5.44. The first kappa shape index (κ1) is 24.8. The van der Waals surface area contributed by atoms with Crippen molar-refractivity contribution in [3.8, 4) is 11.1 Å². The predicted octanol–water partition coefficient (Wildman–Crippen LogP) is 12.6. The van der Waals surface area contributed by atoms with E-state index in [-0.39, 0.29) is 5.41 Å². The van der Waals surface area contributed by atoms with Crippen LogP contribution in [0.1, 0.15) is 23.6 Å². The van der Waals surface area contributed by atoms with Crippen LogP contribution in [0.5, 0.6) is 0 Å². The average Bonchev–Trinajstić information content (AvgIpc) is 3.62. The molecular weight excluding hydrogens is 575 g/mol. The molecule has 11 rings (SSSR count). The monoisotopic (exact) mass is 601 g/mol. The molecule has 2 aliphatic rings. The molecule has 1 atom stereocenters. The summed E-state index contributed by atoms with van der Waals surface area (Å²) in [6, 6.07) is 54.6. The number of rotatable bonds is 1.